The number of fused-ring (bicyclic) bond motifs is 2. The van der Waals surface area contributed by atoms with Gasteiger partial charge in [-0.25, -0.2) is 0 Å². The van der Waals surface area contributed by atoms with Crippen molar-refractivity contribution in [2.75, 3.05) is 26.3 Å². The lowest BCUT2D eigenvalue weighted by Gasteiger charge is -2.27. The first kappa shape index (κ1) is 16.1. The highest BCUT2D eigenvalue weighted by Crippen LogP contribution is 2.47. The summed E-state index contributed by atoms with van der Waals surface area (Å²) in [5, 5.41) is 2.91. The number of hydrogen-bond acceptors (Lipinski definition) is 5. The van der Waals surface area contributed by atoms with Gasteiger partial charge in [0.25, 0.3) is 0 Å². The fourth-order valence-corrected chi connectivity index (χ4v) is 3.91. The Morgan fingerprint density at radius 1 is 1.12 bits per heavy atom. The number of benzene rings is 2. The molecule has 7 heteroatoms. The molecule has 130 valence electrons. The van der Waals surface area contributed by atoms with E-state index in [0.29, 0.717) is 29.4 Å². The van der Waals surface area contributed by atoms with Crippen LogP contribution in [0.15, 0.2) is 28.7 Å². The van der Waals surface area contributed by atoms with Gasteiger partial charge in [0, 0.05) is 24.1 Å². The van der Waals surface area contributed by atoms with Crippen molar-refractivity contribution in [3.05, 3.63) is 39.9 Å². The average Bonchev–Trinajstić information content (AvgIpc) is 3.05. The minimum absolute atomic E-state index is 0.0396. The number of halogens is 1. The largest absolute Gasteiger partial charge is 0.493 e. The molecule has 0 saturated carbocycles. The molecule has 0 fully saturated rings. The second-order valence-corrected chi connectivity index (χ2v) is 6.69. The number of nitrogens with one attached hydrogen (secondary N) is 1. The minimum Gasteiger partial charge on any atom is -0.493 e. The quantitative estimate of drug-likeness (QED) is 0.843. The third-order valence-corrected chi connectivity index (χ3v) is 5.03. The second-order valence-electron chi connectivity index (χ2n) is 5.84. The SMILES string of the molecule is COc1cc([C@@H]2CC(=O)Nc3cc4c(cc32)OCO4)cc(Br)c1OC. The predicted octanol–water partition coefficient (Wildman–Crippen LogP) is 3.67. The summed E-state index contributed by atoms with van der Waals surface area (Å²) >= 11 is 3.52. The Hall–Kier alpha value is -2.41. The van der Waals surface area contributed by atoms with E-state index in [4.69, 9.17) is 18.9 Å². The molecule has 2 heterocycles. The van der Waals surface area contributed by atoms with Gasteiger partial charge in [0.1, 0.15) is 0 Å². The lowest BCUT2D eigenvalue weighted by molar-refractivity contribution is -0.116. The summed E-state index contributed by atoms with van der Waals surface area (Å²) in [7, 11) is 3.18. The monoisotopic (exact) mass is 405 g/mol. The molecule has 2 aromatic carbocycles. The Kier molecular flexibility index (Phi) is 3.95. The van der Waals surface area contributed by atoms with Gasteiger partial charge in [0.15, 0.2) is 23.0 Å². The topological polar surface area (TPSA) is 66.0 Å². The van der Waals surface area contributed by atoms with Crippen LogP contribution in [0.3, 0.4) is 0 Å². The van der Waals surface area contributed by atoms with Crippen molar-refractivity contribution in [3.8, 4) is 23.0 Å². The summed E-state index contributed by atoms with van der Waals surface area (Å²) in [6.07, 6.45) is 0.342. The number of rotatable bonds is 3. The smallest absolute Gasteiger partial charge is 0.231 e. The average molecular weight is 406 g/mol. The molecule has 0 unspecified atom stereocenters. The van der Waals surface area contributed by atoms with Crippen LogP contribution in [0.25, 0.3) is 0 Å². The summed E-state index contributed by atoms with van der Waals surface area (Å²) in [5.74, 6) is 2.42. The van der Waals surface area contributed by atoms with Gasteiger partial charge in [-0.15, -0.1) is 0 Å². The highest BCUT2D eigenvalue weighted by Gasteiger charge is 2.30. The van der Waals surface area contributed by atoms with Crippen molar-refractivity contribution in [1.82, 2.24) is 0 Å². The van der Waals surface area contributed by atoms with E-state index < -0.39 is 0 Å². The number of amides is 1. The Bertz CT molecular complexity index is 867. The van der Waals surface area contributed by atoms with Crippen LogP contribution in [0.4, 0.5) is 5.69 Å². The molecule has 1 N–H and O–H groups in total. The number of hydrogen-bond donors (Lipinski definition) is 1. The van der Waals surface area contributed by atoms with Crippen LogP contribution in [-0.4, -0.2) is 26.9 Å². The zero-order chi connectivity index (χ0) is 17.6. The van der Waals surface area contributed by atoms with Crippen LogP contribution in [0.5, 0.6) is 23.0 Å². The van der Waals surface area contributed by atoms with Crippen molar-refractivity contribution in [3.63, 3.8) is 0 Å². The number of ether oxygens (including phenoxy) is 4. The first-order valence-electron chi connectivity index (χ1n) is 7.75. The van der Waals surface area contributed by atoms with Crippen LogP contribution in [0.2, 0.25) is 0 Å². The van der Waals surface area contributed by atoms with Gasteiger partial charge in [-0.05, 0) is 45.3 Å². The van der Waals surface area contributed by atoms with Crippen molar-refractivity contribution >= 4 is 27.5 Å². The van der Waals surface area contributed by atoms with Crippen molar-refractivity contribution in [2.24, 2.45) is 0 Å². The first-order chi connectivity index (χ1) is 12.1. The maximum atomic E-state index is 12.2. The van der Waals surface area contributed by atoms with E-state index in [9.17, 15) is 4.79 Å². The zero-order valence-electron chi connectivity index (χ0n) is 13.7. The molecule has 2 aliphatic rings. The summed E-state index contributed by atoms with van der Waals surface area (Å²) in [5.41, 5.74) is 2.69. The molecule has 6 nitrogen and oxygen atoms in total. The van der Waals surface area contributed by atoms with E-state index in [1.54, 1.807) is 14.2 Å². The van der Waals surface area contributed by atoms with Crippen LogP contribution < -0.4 is 24.3 Å². The van der Waals surface area contributed by atoms with E-state index in [1.165, 1.54) is 0 Å². The zero-order valence-corrected chi connectivity index (χ0v) is 15.3. The Labute approximate surface area is 153 Å². The van der Waals surface area contributed by atoms with Crippen molar-refractivity contribution in [2.45, 2.75) is 12.3 Å². The number of anilines is 1. The normalized spacial score (nSPS) is 17.7. The van der Waals surface area contributed by atoms with Gasteiger partial charge < -0.3 is 24.3 Å². The molecular weight excluding hydrogens is 390 g/mol. The summed E-state index contributed by atoms with van der Waals surface area (Å²) in [6, 6.07) is 7.62. The van der Waals surface area contributed by atoms with Crippen LogP contribution >= 0.6 is 15.9 Å². The van der Waals surface area contributed by atoms with Crippen LogP contribution in [0, 0.1) is 0 Å². The van der Waals surface area contributed by atoms with Crippen LogP contribution in [-0.2, 0) is 4.79 Å². The summed E-state index contributed by atoms with van der Waals surface area (Å²) < 4.78 is 22.5. The van der Waals surface area contributed by atoms with Crippen molar-refractivity contribution in [1.29, 1.82) is 0 Å². The molecule has 0 aromatic heterocycles. The maximum absolute atomic E-state index is 12.2. The van der Waals surface area contributed by atoms with E-state index in [0.717, 1.165) is 21.3 Å². The summed E-state index contributed by atoms with van der Waals surface area (Å²) in [4.78, 5) is 12.2. The lowest BCUT2D eigenvalue weighted by Crippen LogP contribution is -2.23. The fourth-order valence-electron chi connectivity index (χ4n) is 3.29. The highest BCUT2D eigenvalue weighted by molar-refractivity contribution is 9.10. The fraction of sp³-hybridized carbons (Fsp3) is 0.278. The Morgan fingerprint density at radius 2 is 1.88 bits per heavy atom. The van der Waals surface area contributed by atoms with Gasteiger partial charge in [-0.2, -0.15) is 0 Å². The molecule has 0 saturated heterocycles. The first-order valence-corrected chi connectivity index (χ1v) is 8.55. The molecule has 25 heavy (non-hydrogen) atoms. The molecule has 1 atom stereocenters. The van der Waals surface area contributed by atoms with E-state index in [1.807, 2.05) is 24.3 Å². The summed E-state index contributed by atoms with van der Waals surface area (Å²) in [6.45, 7) is 0.193. The number of methoxy groups -OCH3 is 2. The maximum Gasteiger partial charge on any atom is 0.231 e. The molecule has 1 amide bonds. The van der Waals surface area contributed by atoms with E-state index >= 15 is 0 Å². The van der Waals surface area contributed by atoms with Gasteiger partial charge in [0.05, 0.1) is 18.7 Å². The number of carbonyl (C=O) groups excluding carboxylic acids is 1. The molecule has 4 rings (SSSR count). The standard InChI is InChI=1S/C18H16BrNO5/c1-22-16-4-9(3-12(19)18(16)23-2)10-6-17(21)20-13-7-15-14(5-11(10)13)24-8-25-15/h3-5,7,10H,6,8H2,1-2H3,(H,20,21)/t10-/m0/s1. The molecule has 0 bridgehead atoms. The van der Waals surface area contributed by atoms with E-state index in [-0.39, 0.29) is 18.6 Å². The molecule has 2 aliphatic heterocycles. The van der Waals surface area contributed by atoms with Crippen LogP contribution in [0.1, 0.15) is 23.5 Å². The number of carbonyl (C=O) groups is 1. The van der Waals surface area contributed by atoms with Gasteiger partial charge >= 0.3 is 0 Å². The molecule has 0 aliphatic carbocycles. The predicted molar refractivity (Wildman–Crippen MR) is 94.9 cm³/mol. The third-order valence-electron chi connectivity index (χ3n) is 4.44. The Morgan fingerprint density at radius 3 is 2.60 bits per heavy atom. The minimum atomic E-state index is -0.116. The highest BCUT2D eigenvalue weighted by atomic mass is 79.9. The van der Waals surface area contributed by atoms with Gasteiger partial charge in [-0.3, -0.25) is 4.79 Å². The van der Waals surface area contributed by atoms with Crippen molar-refractivity contribution < 1.29 is 23.7 Å². The Balaban J connectivity index is 1.84. The van der Waals surface area contributed by atoms with E-state index in [2.05, 4.69) is 21.2 Å². The molecule has 0 radical (unpaired) electrons. The van der Waals surface area contributed by atoms with Gasteiger partial charge in [-0.1, -0.05) is 0 Å². The third kappa shape index (κ3) is 2.68. The molecular formula is C18H16BrNO5. The van der Waals surface area contributed by atoms with Gasteiger partial charge in [0.2, 0.25) is 12.7 Å². The lowest BCUT2D eigenvalue weighted by atomic mass is 9.84. The second kappa shape index (κ2) is 6.15. The molecule has 2 aromatic rings. The molecule has 0 spiro atoms.